The summed E-state index contributed by atoms with van der Waals surface area (Å²) < 4.78 is 20.3. The summed E-state index contributed by atoms with van der Waals surface area (Å²) in [6.45, 7) is 3.48. The fourth-order valence-electron chi connectivity index (χ4n) is 2.35. The monoisotopic (exact) mass is 325 g/mol. The first-order valence-electron chi connectivity index (χ1n) is 7.24. The lowest BCUT2D eigenvalue weighted by atomic mass is 10.1. The fraction of sp³-hybridized carbons (Fsp3) is 0.533. The lowest BCUT2D eigenvalue weighted by Crippen LogP contribution is -2.37. The minimum Gasteiger partial charge on any atom is -0.465 e. The molecular weight excluding hydrogens is 306 g/mol. The van der Waals surface area contributed by atoms with Gasteiger partial charge in [-0.1, -0.05) is 6.92 Å². The molecule has 1 aromatic heterocycles. The molecular formula is C15H19NO7. The van der Waals surface area contributed by atoms with Gasteiger partial charge in [0.2, 0.25) is 5.88 Å². The van der Waals surface area contributed by atoms with E-state index >= 15 is 0 Å². The summed E-state index contributed by atoms with van der Waals surface area (Å²) in [7, 11) is 2.37. The van der Waals surface area contributed by atoms with Crippen molar-refractivity contribution in [2.45, 2.75) is 13.3 Å². The summed E-state index contributed by atoms with van der Waals surface area (Å²) in [5, 5.41) is 0. The molecule has 0 radical (unpaired) electrons. The highest BCUT2D eigenvalue weighted by Crippen LogP contribution is 2.33. The molecule has 0 bridgehead atoms. The highest BCUT2D eigenvalue weighted by molar-refractivity contribution is 6.13. The standard InChI is InChI=1S/C15H19NO7/c1-4-9(17)12-10(14(18)20-2)11(15(19)21-3)13(23-12)16-5-7-22-8-6-16/h4-8H2,1-3H3. The van der Waals surface area contributed by atoms with Crippen LogP contribution in [0.1, 0.15) is 44.6 Å². The maximum Gasteiger partial charge on any atom is 0.344 e. The Morgan fingerprint density at radius 2 is 1.61 bits per heavy atom. The van der Waals surface area contributed by atoms with Crippen LogP contribution in [-0.4, -0.2) is 58.2 Å². The summed E-state index contributed by atoms with van der Waals surface area (Å²) in [4.78, 5) is 38.2. The predicted molar refractivity (Wildman–Crippen MR) is 79.0 cm³/mol. The minimum atomic E-state index is -0.814. The third-order valence-electron chi connectivity index (χ3n) is 3.54. The van der Waals surface area contributed by atoms with Crippen LogP contribution in [0.5, 0.6) is 0 Å². The molecule has 23 heavy (non-hydrogen) atoms. The number of nitrogens with zero attached hydrogens (tertiary/aromatic N) is 1. The molecule has 8 heteroatoms. The van der Waals surface area contributed by atoms with Crippen molar-refractivity contribution in [1.29, 1.82) is 0 Å². The third-order valence-corrected chi connectivity index (χ3v) is 3.54. The van der Waals surface area contributed by atoms with Crippen LogP contribution >= 0.6 is 0 Å². The van der Waals surface area contributed by atoms with Crippen molar-refractivity contribution in [2.75, 3.05) is 45.4 Å². The van der Waals surface area contributed by atoms with E-state index in [9.17, 15) is 14.4 Å². The molecule has 1 aromatic rings. The van der Waals surface area contributed by atoms with Crippen molar-refractivity contribution in [3.63, 3.8) is 0 Å². The molecule has 1 fully saturated rings. The van der Waals surface area contributed by atoms with E-state index in [1.54, 1.807) is 11.8 Å². The van der Waals surface area contributed by atoms with Gasteiger partial charge in [-0.3, -0.25) is 4.79 Å². The zero-order chi connectivity index (χ0) is 17.0. The second-order valence-corrected chi connectivity index (χ2v) is 4.85. The minimum absolute atomic E-state index is 0.0851. The quantitative estimate of drug-likeness (QED) is 0.590. The number of ether oxygens (including phenoxy) is 3. The van der Waals surface area contributed by atoms with E-state index in [-0.39, 0.29) is 29.2 Å². The van der Waals surface area contributed by atoms with E-state index in [0.29, 0.717) is 26.3 Å². The molecule has 0 aromatic carbocycles. The number of ketones is 1. The number of anilines is 1. The van der Waals surface area contributed by atoms with Crippen molar-refractivity contribution in [1.82, 2.24) is 0 Å². The van der Waals surface area contributed by atoms with Crippen molar-refractivity contribution in [3.05, 3.63) is 16.9 Å². The first kappa shape index (κ1) is 17.0. The van der Waals surface area contributed by atoms with Gasteiger partial charge >= 0.3 is 11.9 Å². The number of hydrogen-bond acceptors (Lipinski definition) is 8. The number of methoxy groups -OCH3 is 2. The topological polar surface area (TPSA) is 95.3 Å². The number of Topliss-reactive ketones (excluding diaryl/α,β-unsaturated/α-hetero) is 1. The van der Waals surface area contributed by atoms with Gasteiger partial charge in [-0.2, -0.15) is 0 Å². The Labute approximate surface area is 133 Å². The number of carbonyl (C=O) groups is 3. The van der Waals surface area contributed by atoms with Gasteiger partial charge in [0, 0.05) is 19.5 Å². The SMILES string of the molecule is CCC(=O)c1oc(N2CCOCC2)c(C(=O)OC)c1C(=O)OC. The molecule has 126 valence electrons. The van der Waals surface area contributed by atoms with Crippen LogP contribution in [-0.2, 0) is 14.2 Å². The van der Waals surface area contributed by atoms with Gasteiger partial charge < -0.3 is 23.5 Å². The molecule has 0 aliphatic carbocycles. The predicted octanol–water partition coefficient (Wildman–Crippen LogP) is 1.28. The molecule has 1 aliphatic heterocycles. The zero-order valence-electron chi connectivity index (χ0n) is 13.3. The summed E-state index contributed by atoms with van der Waals surface area (Å²) >= 11 is 0. The average molecular weight is 325 g/mol. The van der Waals surface area contributed by atoms with Crippen LogP contribution in [0.2, 0.25) is 0 Å². The second-order valence-electron chi connectivity index (χ2n) is 4.85. The maximum atomic E-state index is 12.2. The molecule has 0 atom stereocenters. The van der Waals surface area contributed by atoms with Crippen LogP contribution < -0.4 is 4.90 Å². The van der Waals surface area contributed by atoms with Gasteiger partial charge in [0.05, 0.1) is 27.4 Å². The second kappa shape index (κ2) is 7.28. The molecule has 0 spiro atoms. The Morgan fingerprint density at radius 1 is 1.04 bits per heavy atom. The summed E-state index contributed by atoms with van der Waals surface area (Å²) in [6, 6.07) is 0. The number of furan rings is 1. The summed E-state index contributed by atoms with van der Waals surface area (Å²) in [5.41, 5.74) is -0.272. The Bertz CT molecular complexity index is 614. The number of morpholine rings is 1. The molecule has 0 unspecified atom stereocenters. The maximum absolute atomic E-state index is 12.2. The van der Waals surface area contributed by atoms with Crippen molar-refractivity contribution < 1.29 is 33.0 Å². The molecule has 2 heterocycles. The molecule has 8 nitrogen and oxygen atoms in total. The van der Waals surface area contributed by atoms with Crippen LogP contribution in [0.3, 0.4) is 0 Å². The van der Waals surface area contributed by atoms with E-state index in [4.69, 9.17) is 18.6 Å². The van der Waals surface area contributed by atoms with E-state index in [2.05, 4.69) is 0 Å². The molecule has 1 saturated heterocycles. The van der Waals surface area contributed by atoms with Crippen LogP contribution in [0.4, 0.5) is 5.88 Å². The van der Waals surface area contributed by atoms with Gasteiger partial charge in [-0.05, 0) is 0 Å². The van der Waals surface area contributed by atoms with Gasteiger partial charge in [0.1, 0.15) is 11.1 Å². The van der Waals surface area contributed by atoms with Crippen LogP contribution in [0, 0.1) is 0 Å². The number of carbonyl (C=O) groups excluding carboxylic acids is 3. The van der Waals surface area contributed by atoms with E-state index in [0.717, 1.165) is 0 Å². The van der Waals surface area contributed by atoms with Crippen LogP contribution in [0.25, 0.3) is 0 Å². The lowest BCUT2D eigenvalue weighted by molar-refractivity contribution is 0.0555. The van der Waals surface area contributed by atoms with Gasteiger partial charge in [-0.15, -0.1) is 0 Å². The molecule has 2 rings (SSSR count). The first-order chi connectivity index (χ1) is 11.0. The molecule has 0 amide bonds. The smallest absolute Gasteiger partial charge is 0.344 e. The Balaban J connectivity index is 2.64. The number of esters is 2. The summed E-state index contributed by atoms with van der Waals surface area (Å²) in [6.07, 6.45) is 0.126. The molecule has 1 aliphatic rings. The van der Waals surface area contributed by atoms with Crippen molar-refractivity contribution in [3.8, 4) is 0 Å². The highest BCUT2D eigenvalue weighted by atomic mass is 16.5. The first-order valence-corrected chi connectivity index (χ1v) is 7.24. The van der Waals surface area contributed by atoms with E-state index in [1.807, 2.05) is 0 Å². The fourth-order valence-corrected chi connectivity index (χ4v) is 2.35. The summed E-state index contributed by atoms with van der Waals surface area (Å²) in [5.74, 6) is -2.01. The van der Waals surface area contributed by atoms with Gasteiger partial charge in [0.25, 0.3) is 0 Å². The number of hydrogen-bond donors (Lipinski definition) is 0. The van der Waals surface area contributed by atoms with E-state index < -0.39 is 17.7 Å². The van der Waals surface area contributed by atoms with Gasteiger partial charge in [-0.25, -0.2) is 9.59 Å². The largest absolute Gasteiger partial charge is 0.465 e. The van der Waals surface area contributed by atoms with Gasteiger partial charge in [0.15, 0.2) is 11.5 Å². The zero-order valence-corrected chi connectivity index (χ0v) is 13.3. The normalized spacial score (nSPS) is 14.5. The number of rotatable bonds is 5. The molecule has 0 N–H and O–H groups in total. The van der Waals surface area contributed by atoms with Crippen molar-refractivity contribution in [2.24, 2.45) is 0 Å². The Kier molecular flexibility index (Phi) is 5.38. The highest BCUT2D eigenvalue weighted by Gasteiger charge is 2.36. The molecule has 0 saturated carbocycles. The van der Waals surface area contributed by atoms with Crippen molar-refractivity contribution >= 4 is 23.6 Å². The van der Waals surface area contributed by atoms with E-state index in [1.165, 1.54) is 14.2 Å². The van der Waals surface area contributed by atoms with Crippen LogP contribution in [0.15, 0.2) is 4.42 Å². The Morgan fingerprint density at radius 3 is 2.13 bits per heavy atom. The lowest BCUT2D eigenvalue weighted by Gasteiger charge is -2.27. The average Bonchev–Trinajstić information content (AvgIpc) is 3.00. The third kappa shape index (κ3) is 3.21. The Hall–Kier alpha value is -2.35.